The summed E-state index contributed by atoms with van der Waals surface area (Å²) in [4.78, 5) is 13.2. The first kappa shape index (κ1) is 11.6. The van der Waals surface area contributed by atoms with Crippen molar-refractivity contribution >= 4 is 43.3 Å². The van der Waals surface area contributed by atoms with Crippen LogP contribution < -0.4 is 5.32 Å². The number of halogens is 1. The van der Waals surface area contributed by atoms with Crippen molar-refractivity contribution in [1.29, 1.82) is 0 Å². The van der Waals surface area contributed by atoms with Crippen molar-refractivity contribution < 1.29 is 0 Å². The Labute approximate surface area is 116 Å². The first-order chi connectivity index (χ1) is 8.78. The number of fused-ring (bicyclic) bond motifs is 1. The van der Waals surface area contributed by atoms with Gasteiger partial charge in [-0.2, -0.15) is 0 Å². The molecule has 0 aliphatic rings. The van der Waals surface area contributed by atoms with Crippen LogP contribution >= 0.6 is 27.3 Å². The van der Waals surface area contributed by atoms with E-state index >= 15 is 0 Å². The molecule has 90 valence electrons. The highest BCUT2D eigenvalue weighted by Crippen LogP contribution is 2.26. The molecule has 0 bridgehead atoms. The number of thiophene rings is 1. The van der Waals surface area contributed by atoms with Crippen LogP contribution in [0.5, 0.6) is 0 Å². The van der Waals surface area contributed by atoms with Crippen LogP contribution in [0.2, 0.25) is 0 Å². The molecule has 3 heterocycles. The number of pyridine rings is 1. The highest BCUT2D eigenvalue weighted by Gasteiger charge is 2.07. The Balaban J connectivity index is 2.13. The van der Waals surface area contributed by atoms with E-state index in [-0.39, 0.29) is 0 Å². The zero-order valence-electron chi connectivity index (χ0n) is 9.51. The van der Waals surface area contributed by atoms with E-state index in [1.807, 2.05) is 18.5 Å². The van der Waals surface area contributed by atoms with E-state index in [0.29, 0.717) is 5.82 Å². The van der Waals surface area contributed by atoms with E-state index in [9.17, 15) is 0 Å². The van der Waals surface area contributed by atoms with Crippen molar-refractivity contribution in [3.05, 3.63) is 34.4 Å². The van der Waals surface area contributed by atoms with Crippen molar-refractivity contribution in [1.82, 2.24) is 15.0 Å². The van der Waals surface area contributed by atoms with Crippen LogP contribution in [0, 0.1) is 0 Å². The van der Waals surface area contributed by atoms with Crippen LogP contribution in [0.15, 0.2) is 34.4 Å². The Kier molecular flexibility index (Phi) is 2.97. The average molecular weight is 321 g/mol. The second kappa shape index (κ2) is 4.62. The van der Waals surface area contributed by atoms with Crippen molar-refractivity contribution in [2.45, 2.75) is 0 Å². The Morgan fingerprint density at radius 3 is 3.00 bits per heavy atom. The van der Waals surface area contributed by atoms with E-state index in [4.69, 9.17) is 0 Å². The van der Waals surface area contributed by atoms with Crippen molar-refractivity contribution in [2.75, 3.05) is 12.4 Å². The number of nitrogens with zero attached hydrogens (tertiary/aromatic N) is 3. The molecule has 0 saturated carbocycles. The fraction of sp³-hybridized carbons (Fsp3) is 0.0833. The van der Waals surface area contributed by atoms with Crippen LogP contribution in [0.4, 0.5) is 5.82 Å². The Morgan fingerprint density at radius 2 is 2.17 bits per heavy atom. The molecule has 3 aromatic rings. The number of hydrogen-bond acceptors (Lipinski definition) is 5. The monoisotopic (exact) mass is 320 g/mol. The van der Waals surface area contributed by atoms with Gasteiger partial charge in [-0.3, -0.25) is 4.98 Å². The minimum atomic E-state index is 0.672. The van der Waals surface area contributed by atoms with Gasteiger partial charge in [-0.05, 0) is 33.4 Å². The third-order valence-electron chi connectivity index (χ3n) is 2.54. The standard InChI is InChI=1S/C12H9BrN4S/c1-14-12-8(13)6-16-11(17-12)7-4-10-9(15-5-7)2-3-18-10/h2-6H,1H3,(H,14,16,17). The van der Waals surface area contributed by atoms with Gasteiger partial charge < -0.3 is 5.32 Å². The molecule has 0 amide bonds. The fourth-order valence-electron chi connectivity index (χ4n) is 1.65. The first-order valence-electron chi connectivity index (χ1n) is 5.32. The molecule has 0 spiro atoms. The molecular formula is C12H9BrN4S. The van der Waals surface area contributed by atoms with Crippen molar-refractivity contribution in [3.8, 4) is 11.4 Å². The van der Waals surface area contributed by atoms with Gasteiger partial charge in [0.05, 0.1) is 14.7 Å². The molecule has 0 unspecified atom stereocenters. The van der Waals surface area contributed by atoms with Crippen LogP contribution in [0.25, 0.3) is 21.6 Å². The normalized spacial score (nSPS) is 10.8. The van der Waals surface area contributed by atoms with Gasteiger partial charge >= 0.3 is 0 Å². The van der Waals surface area contributed by atoms with Crippen molar-refractivity contribution in [2.24, 2.45) is 0 Å². The summed E-state index contributed by atoms with van der Waals surface area (Å²) in [6.07, 6.45) is 3.55. The lowest BCUT2D eigenvalue weighted by atomic mass is 10.2. The van der Waals surface area contributed by atoms with Gasteiger partial charge in [0.15, 0.2) is 5.82 Å². The molecule has 0 aromatic carbocycles. The summed E-state index contributed by atoms with van der Waals surface area (Å²) >= 11 is 5.06. The van der Waals surface area contributed by atoms with Gasteiger partial charge in [0.25, 0.3) is 0 Å². The van der Waals surface area contributed by atoms with Gasteiger partial charge in [-0.1, -0.05) is 0 Å². The summed E-state index contributed by atoms with van der Waals surface area (Å²) in [6.45, 7) is 0. The molecule has 6 heteroatoms. The Bertz CT molecular complexity index is 710. The molecule has 3 aromatic heterocycles. The minimum Gasteiger partial charge on any atom is -0.372 e. The minimum absolute atomic E-state index is 0.672. The zero-order valence-corrected chi connectivity index (χ0v) is 11.9. The third kappa shape index (κ3) is 1.97. The maximum Gasteiger partial charge on any atom is 0.163 e. The van der Waals surface area contributed by atoms with E-state index in [1.165, 1.54) is 0 Å². The molecule has 0 aliphatic heterocycles. The smallest absolute Gasteiger partial charge is 0.163 e. The quantitative estimate of drug-likeness (QED) is 0.784. The van der Waals surface area contributed by atoms with Crippen LogP contribution in [-0.4, -0.2) is 22.0 Å². The number of hydrogen-bond donors (Lipinski definition) is 1. The molecule has 0 aliphatic carbocycles. The summed E-state index contributed by atoms with van der Waals surface area (Å²) in [5, 5.41) is 5.05. The van der Waals surface area contributed by atoms with E-state index in [0.717, 1.165) is 26.1 Å². The van der Waals surface area contributed by atoms with Gasteiger partial charge in [-0.25, -0.2) is 9.97 Å². The second-order valence-corrected chi connectivity index (χ2v) is 5.47. The van der Waals surface area contributed by atoms with E-state index in [1.54, 1.807) is 23.7 Å². The third-order valence-corrected chi connectivity index (χ3v) is 3.98. The highest BCUT2D eigenvalue weighted by atomic mass is 79.9. The molecule has 3 rings (SSSR count). The first-order valence-corrected chi connectivity index (χ1v) is 6.99. The summed E-state index contributed by atoms with van der Waals surface area (Å²) < 4.78 is 1.99. The summed E-state index contributed by atoms with van der Waals surface area (Å²) in [7, 11) is 1.83. The lowest BCUT2D eigenvalue weighted by molar-refractivity contribution is 1.15. The summed E-state index contributed by atoms with van der Waals surface area (Å²) in [5.74, 6) is 1.44. The maximum atomic E-state index is 4.45. The Morgan fingerprint density at radius 1 is 1.28 bits per heavy atom. The van der Waals surface area contributed by atoms with Crippen molar-refractivity contribution in [3.63, 3.8) is 0 Å². The molecule has 0 atom stereocenters. The number of nitrogens with one attached hydrogen (secondary N) is 1. The van der Waals surface area contributed by atoms with Gasteiger partial charge in [0, 0.05) is 25.0 Å². The molecule has 0 fully saturated rings. The molecule has 0 saturated heterocycles. The fourth-order valence-corrected chi connectivity index (χ4v) is 2.82. The number of rotatable bonds is 2. The summed E-state index contributed by atoms with van der Waals surface area (Å²) in [5.41, 5.74) is 1.93. The van der Waals surface area contributed by atoms with Gasteiger partial charge in [0.1, 0.15) is 5.82 Å². The average Bonchev–Trinajstić information content (AvgIpc) is 2.86. The van der Waals surface area contributed by atoms with Gasteiger partial charge in [0.2, 0.25) is 0 Å². The lowest BCUT2D eigenvalue weighted by Gasteiger charge is -2.05. The lowest BCUT2D eigenvalue weighted by Crippen LogP contribution is -1.97. The zero-order chi connectivity index (χ0) is 12.5. The maximum absolute atomic E-state index is 4.45. The Hall–Kier alpha value is -1.53. The van der Waals surface area contributed by atoms with E-state index < -0.39 is 0 Å². The SMILES string of the molecule is CNc1nc(-c2cnc3ccsc3c2)ncc1Br. The van der Waals surface area contributed by atoms with Crippen LogP contribution in [-0.2, 0) is 0 Å². The predicted octanol–water partition coefficient (Wildman–Crippen LogP) is 3.56. The summed E-state index contributed by atoms with van der Waals surface area (Å²) in [6, 6.07) is 4.07. The molecular weight excluding hydrogens is 312 g/mol. The van der Waals surface area contributed by atoms with E-state index in [2.05, 4.69) is 42.3 Å². The topological polar surface area (TPSA) is 50.7 Å². The number of aromatic nitrogens is 3. The second-order valence-electron chi connectivity index (χ2n) is 3.67. The molecule has 1 N–H and O–H groups in total. The largest absolute Gasteiger partial charge is 0.372 e. The molecule has 18 heavy (non-hydrogen) atoms. The van der Waals surface area contributed by atoms with Crippen LogP contribution in [0.1, 0.15) is 0 Å². The molecule has 0 radical (unpaired) electrons. The molecule has 4 nitrogen and oxygen atoms in total. The van der Waals surface area contributed by atoms with Gasteiger partial charge in [-0.15, -0.1) is 11.3 Å². The predicted molar refractivity (Wildman–Crippen MR) is 77.9 cm³/mol. The number of anilines is 1. The highest BCUT2D eigenvalue weighted by molar-refractivity contribution is 9.10. The van der Waals surface area contributed by atoms with Crippen LogP contribution in [0.3, 0.4) is 0 Å².